The average Bonchev–Trinajstić information content (AvgIpc) is 2.65. The number of rotatable bonds is 2. The second-order valence-corrected chi connectivity index (χ2v) is 3.41. The monoisotopic (exact) mass is 204 g/mol. The van der Waals surface area contributed by atoms with Gasteiger partial charge in [0.25, 0.3) is 0 Å². The van der Waals surface area contributed by atoms with Gasteiger partial charge in [-0.2, -0.15) is 0 Å². The summed E-state index contributed by atoms with van der Waals surface area (Å²) in [5, 5.41) is 9.11. The summed E-state index contributed by atoms with van der Waals surface area (Å²) in [6.45, 7) is 0.445. The van der Waals surface area contributed by atoms with Crippen LogP contribution in [-0.2, 0) is 16.1 Å². The maximum Gasteiger partial charge on any atom is 0.334 e. The van der Waals surface area contributed by atoms with E-state index in [2.05, 4.69) is 0 Å². The molecule has 15 heavy (non-hydrogen) atoms. The third-order valence-electron chi connectivity index (χ3n) is 2.42. The molecule has 0 unspecified atom stereocenters. The number of cyclic esters (lactones) is 1. The molecule has 1 aliphatic rings. The van der Waals surface area contributed by atoms with Crippen molar-refractivity contribution < 1.29 is 14.6 Å². The maximum atomic E-state index is 11.2. The van der Waals surface area contributed by atoms with E-state index in [1.807, 2.05) is 24.3 Å². The van der Waals surface area contributed by atoms with Gasteiger partial charge in [0.05, 0.1) is 13.2 Å². The number of carbonyl (C=O) groups is 1. The van der Waals surface area contributed by atoms with Gasteiger partial charge in [0.15, 0.2) is 0 Å². The van der Waals surface area contributed by atoms with Crippen molar-refractivity contribution in [3.05, 3.63) is 41.0 Å². The minimum Gasteiger partial charge on any atom is -0.462 e. The minimum absolute atomic E-state index is 0.0188. The molecule has 3 heteroatoms. The van der Waals surface area contributed by atoms with Crippen LogP contribution in [0.2, 0.25) is 0 Å². The Balaban J connectivity index is 2.34. The predicted octanol–water partition coefficient (Wildman–Crippen LogP) is 1.51. The van der Waals surface area contributed by atoms with Gasteiger partial charge in [-0.1, -0.05) is 24.3 Å². The van der Waals surface area contributed by atoms with Crippen LogP contribution in [0, 0.1) is 0 Å². The summed E-state index contributed by atoms with van der Waals surface area (Å²) in [7, 11) is 0. The molecule has 0 amide bonds. The lowest BCUT2D eigenvalue weighted by atomic mass is 10.0. The lowest BCUT2D eigenvalue weighted by Gasteiger charge is -2.02. The molecule has 3 nitrogen and oxygen atoms in total. The molecule has 0 atom stereocenters. The van der Waals surface area contributed by atoms with E-state index in [-0.39, 0.29) is 12.6 Å². The first kappa shape index (κ1) is 9.93. The predicted molar refractivity (Wildman–Crippen MR) is 55.9 cm³/mol. The maximum absolute atomic E-state index is 11.2. The Morgan fingerprint density at radius 3 is 2.87 bits per heavy atom. The first-order valence-electron chi connectivity index (χ1n) is 4.87. The first-order valence-corrected chi connectivity index (χ1v) is 4.87. The zero-order chi connectivity index (χ0) is 10.7. The van der Waals surface area contributed by atoms with Gasteiger partial charge in [0.1, 0.15) is 0 Å². The molecular weight excluding hydrogens is 192 g/mol. The SMILES string of the molecule is O=C1OCC/C1=C\c1ccccc1CO. The fourth-order valence-electron chi connectivity index (χ4n) is 1.59. The van der Waals surface area contributed by atoms with Crippen molar-refractivity contribution in [3.8, 4) is 0 Å². The van der Waals surface area contributed by atoms with E-state index in [1.54, 1.807) is 6.08 Å². The van der Waals surface area contributed by atoms with Crippen molar-refractivity contribution in [2.24, 2.45) is 0 Å². The summed E-state index contributed by atoms with van der Waals surface area (Å²) in [4.78, 5) is 11.2. The molecular formula is C12H12O3. The normalized spacial score (nSPS) is 18.2. The van der Waals surface area contributed by atoms with E-state index in [0.29, 0.717) is 18.6 Å². The van der Waals surface area contributed by atoms with Crippen LogP contribution in [0.1, 0.15) is 17.5 Å². The van der Waals surface area contributed by atoms with E-state index in [9.17, 15) is 4.79 Å². The van der Waals surface area contributed by atoms with E-state index in [1.165, 1.54) is 0 Å². The largest absolute Gasteiger partial charge is 0.462 e. The van der Waals surface area contributed by atoms with Gasteiger partial charge in [0, 0.05) is 12.0 Å². The molecule has 1 aromatic carbocycles. The van der Waals surface area contributed by atoms with Crippen molar-refractivity contribution in [2.75, 3.05) is 6.61 Å². The number of aliphatic hydroxyl groups is 1. The van der Waals surface area contributed by atoms with Gasteiger partial charge in [0.2, 0.25) is 0 Å². The molecule has 0 saturated carbocycles. The fraction of sp³-hybridized carbons (Fsp3) is 0.250. The quantitative estimate of drug-likeness (QED) is 0.586. The third-order valence-corrected chi connectivity index (χ3v) is 2.42. The molecule has 1 N–H and O–H groups in total. The van der Waals surface area contributed by atoms with E-state index in [0.717, 1.165) is 11.1 Å². The van der Waals surface area contributed by atoms with Crippen LogP contribution in [0.25, 0.3) is 6.08 Å². The Bertz CT molecular complexity index is 407. The van der Waals surface area contributed by atoms with E-state index in [4.69, 9.17) is 9.84 Å². The van der Waals surface area contributed by atoms with Gasteiger partial charge in [-0.05, 0) is 17.2 Å². The standard InChI is InChI=1S/C12H12O3/c13-8-11-4-2-1-3-9(11)7-10-5-6-15-12(10)14/h1-4,7,13H,5-6,8H2/b10-7+. The van der Waals surface area contributed by atoms with Crippen molar-refractivity contribution in [2.45, 2.75) is 13.0 Å². The van der Waals surface area contributed by atoms with E-state index >= 15 is 0 Å². The molecule has 78 valence electrons. The molecule has 1 saturated heterocycles. The van der Waals surface area contributed by atoms with Crippen LogP contribution >= 0.6 is 0 Å². The van der Waals surface area contributed by atoms with Gasteiger partial charge in [-0.3, -0.25) is 0 Å². The smallest absolute Gasteiger partial charge is 0.334 e. The van der Waals surface area contributed by atoms with Crippen LogP contribution in [0.3, 0.4) is 0 Å². The number of hydrogen-bond acceptors (Lipinski definition) is 3. The van der Waals surface area contributed by atoms with Crippen LogP contribution in [0.5, 0.6) is 0 Å². The molecule has 1 aromatic rings. The zero-order valence-corrected chi connectivity index (χ0v) is 8.27. The van der Waals surface area contributed by atoms with E-state index < -0.39 is 0 Å². The summed E-state index contributed by atoms with van der Waals surface area (Å²) in [5.41, 5.74) is 2.38. The highest BCUT2D eigenvalue weighted by molar-refractivity contribution is 5.95. The highest BCUT2D eigenvalue weighted by Crippen LogP contribution is 2.19. The van der Waals surface area contributed by atoms with Crippen LogP contribution in [-0.4, -0.2) is 17.7 Å². The van der Waals surface area contributed by atoms with Crippen molar-refractivity contribution in [1.29, 1.82) is 0 Å². The van der Waals surface area contributed by atoms with Crippen molar-refractivity contribution in [1.82, 2.24) is 0 Å². The molecule has 0 radical (unpaired) electrons. The highest BCUT2D eigenvalue weighted by Gasteiger charge is 2.18. The fourth-order valence-corrected chi connectivity index (χ4v) is 1.59. The molecule has 1 aliphatic heterocycles. The summed E-state index contributed by atoms with van der Waals surface area (Å²) in [5.74, 6) is -0.247. The average molecular weight is 204 g/mol. The molecule has 0 spiro atoms. The number of aliphatic hydroxyl groups excluding tert-OH is 1. The Morgan fingerprint density at radius 1 is 1.40 bits per heavy atom. The molecule has 1 fully saturated rings. The summed E-state index contributed by atoms with van der Waals surface area (Å²) < 4.78 is 4.84. The van der Waals surface area contributed by atoms with Crippen molar-refractivity contribution >= 4 is 12.0 Å². The minimum atomic E-state index is -0.247. The van der Waals surface area contributed by atoms with Crippen LogP contribution < -0.4 is 0 Å². The molecule has 1 heterocycles. The highest BCUT2D eigenvalue weighted by atomic mass is 16.5. The third kappa shape index (κ3) is 2.07. The van der Waals surface area contributed by atoms with Crippen LogP contribution in [0.15, 0.2) is 29.8 Å². The lowest BCUT2D eigenvalue weighted by molar-refractivity contribution is -0.134. The molecule has 2 rings (SSSR count). The number of hydrogen-bond donors (Lipinski definition) is 1. The summed E-state index contributed by atoms with van der Waals surface area (Å²) in [6.07, 6.45) is 2.44. The van der Waals surface area contributed by atoms with Crippen molar-refractivity contribution in [3.63, 3.8) is 0 Å². The Morgan fingerprint density at radius 2 is 2.20 bits per heavy atom. The number of carbonyl (C=O) groups excluding carboxylic acids is 1. The van der Waals surface area contributed by atoms with Gasteiger partial charge in [-0.25, -0.2) is 4.79 Å². The molecule has 0 aromatic heterocycles. The molecule has 0 bridgehead atoms. The Labute approximate surface area is 88.0 Å². The van der Waals surface area contributed by atoms with Gasteiger partial charge >= 0.3 is 5.97 Å². The van der Waals surface area contributed by atoms with Crippen LogP contribution in [0.4, 0.5) is 0 Å². The molecule has 0 aliphatic carbocycles. The number of benzene rings is 1. The second kappa shape index (κ2) is 4.28. The first-order chi connectivity index (χ1) is 7.31. The lowest BCUT2D eigenvalue weighted by Crippen LogP contribution is -1.95. The van der Waals surface area contributed by atoms with Gasteiger partial charge in [-0.15, -0.1) is 0 Å². The van der Waals surface area contributed by atoms with Gasteiger partial charge < -0.3 is 9.84 Å². The Hall–Kier alpha value is -1.61. The second-order valence-electron chi connectivity index (χ2n) is 3.41. The Kier molecular flexibility index (Phi) is 2.83. The number of esters is 1. The summed E-state index contributed by atoms with van der Waals surface area (Å²) >= 11 is 0. The number of ether oxygens (including phenoxy) is 1. The topological polar surface area (TPSA) is 46.5 Å². The summed E-state index contributed by atoms with van der Waals surface area (Å²) in [6, 6.07) is 7.46. The zero-order valence-electron chi connectivity index (χ0n) is 8.27.